The molecule has 2 fully saturated rings. The molecular formula is C22H27FN2O4S2. The van der Waals surface area contributed by atoms with Gasteiger partial charge in [0.25, 0.3) is 0 Å². The van der Waals surface area contributed by atoms with Crippen LogP contribution >= 0.6 is 0 Å². The minimum Gasteiger partial charge on any atom is -0.367 e. The quantitative estimate of drug-likeness (QED) is 0.672. The number of aryl methyl sites for hydroxylation is 1. The highest BCUT2D eigenvalue weighted by Gasteiger charge is 2.48. The number of piperazine rings is 1. The highest BCUT2D eigenvalue weighted by atomic mass is 32.2. The first-order valence-electron chi connectivity index (χ1n) is 10.5. The van der Waals surface area contributed by atoms with E-state index in [-0.39, 0.29) is 22.2 Å². The Morgan fingerprint density at radius 1 is 0.968 bits per heavy atom. The molecule has 6 nitrogen and oxygen atoms in total. The number of sulfone groups is 2. The molecule has 2 aromatic carbocycles. The van der Waals surface area contributed by atoms with E-state index in [0.29, 0.717) is 31.9 Å². The van der Waals surface area contributed by atoms with Gasteiger partial charge in [0, 0.05) is 32.2 Å². The molecule has 168 valence electrons. The summed E-state index contributed by atoms with van der Waals surface area (Å²) in [6.45, 7) is 3.97. The standard InChI is InChI=1S/C22H27FN2O4S2/c1-2-17-7-9-18(10-8-17)31(28,29)22-16-30(26,27)15-21(22)25-13-11-24(12-14-25)20-6-4-3-5-19(20)23/h3-10,21-22H,2,11-16H2,1H3/t21-,22-/m0/s1. The number of anilines is 1. The van der Waals surface area contributed by atoms with Gasteiger partial charge in [-0.25, -0.2) is 21.2 Å². The van der Waals surface area contributed by atoms with Crippen molar-refractivity contribution >= 4 is 25.4 Å². The SMILES string of the molecule is CCc1ccc(S(=O)(=O)[C@H]2CS(=O)(=O)C[C@@H]2N2CCN(c3ccccc3F)CC2)cc1. The predicted octanol–water partition coefficient (Wildman–Crippen LogP) is 2.15. The van der Waals surface area contributed by atoms with Crippen molar-refractivity contribution in [2.75, 3.05) is 42.6 Å². The van der Waals surface area contributed by atoms with Crippen LogP contribution in [0.5, 0.6) is 0 Å². The van der Waals surface area contributed by atoms with Crippen LogP contribution in [0.25, 0.3) is 0 Å². The number of halogens is 1. The predicted molar refractivity (Wildman–Crippen MR) is 119 cm³/mol. The van der Waals surface area contributed by atoms with Gasteiger partial charge in [0.2, 0.25) is 0 Å². The van der Waals surface area contributed by atoms with E-state index in [0.717, 1.165) is 12.0 Å². The van der Waals surface area contributed by atoms with Gasteiger partial charge in [0.15, 0.2) is 19.7 Å². The molecule has 2 atom stereocenters. The van der Waals surface area contributed by atoms with E-state index in [9.17, 15) is 21.2 Å². The molecule has 0 aliphatic carbocycles. The van der Waals surface area contributed by atoms with Crippen molar-refractivity contribution in [3.8, 4) is 0 Å². The summed E-state index contributed by atoms with van der Waals surface area (Å²) in [4.78, 5) is 4.04. The first-order chi connectivity index (χ1) is 14.7. The third kappa shape index (κ3) is 4.49. The lowest BCUT2D eigenvalue weighted by molar-refractivity contribution is 0.201. The van der Waals surface area contributed by atoms with Crippen molar-refractivity contribution in [2.24, 2.45) is 0 Å². The molecule has 0 bridgehead atoms. The lowest BCUT2D eigenvalue weighted by Crippen LogP contribution is -2.55. The monoisotopic (exact) mass is 466 g/mol. The van der Waals surface area contributed by atoms with E-state index in [1.54, 1.807) is 42.5 Å². The lowest BCUT2D eigenvalue weighted by atomic mass is 10.1. The van der Waals surface area contributed by atoms with Gasteiger partial charge in [-0.1, -0.05) is 31.2 Å². The van der Waals surface area contributed by atoms with Gasteiger partial charge in [-0.15, -0.1) is 0 Å². The third-order valence-corrected chi connectivity index (χ3v) is 10.4. The number of para-hydroxylation sites is 1. The number of benzene rings is 2. The van der Waals surface area contributed by atoms with Crippen molar-refractivity contribution in [1.29, 1.82) is 0 Å². The minimum atomic E-state index is -3.80. The van der Waals surface area contributed by atoms with Crippen LogP contribution in [0.4, 0.5) is 10.1 Å². The van der Waals surface area contributed by atoms with Crippen molar-refractivity contribution in [3.05, 3.63) is 59.9 Å². The van der Waals surface area contributed by atoms with Gasteiger partial charge in [0.1, 0.15) is 5.82 Å². The van der Waals surface area contributed by atoms with Crippen molar-refractivity contribution in [1.82, 2.24) is 4.90 Å². The van der Waals surface area contributed by atoms with Gasteiger partial charge in [-0.2, -0.15) is 0 Å². The second-order valence-corrected chi connectivity index (χ2v) is 12.5. The Morgan fingerprint density at radius 3 is 2.23 bits per heavy atom. The molecule has 2 aliphatic rings. The number of rotatable bonds is 5. The van der Waals surface area contributed by atoms with Gasteiger partial charge in [-0.3, -0.25) is 4.90 Å². The summed E-state index contributed by atoms with van der Waals surface area (Å²) in [5.41, 5.74) is 1.54. The molecule has 0 aromatic heterocycles. The summed E-state index contributed by atoms with van der Waals surface area (Å²) < 4.78 is 65.7. The average Bonchev–Trinajstić information content (AvgIpc) is 3.10. The first-order valence-corrected chi connectivity index (χ1v) is 13.8. The van der Waals surface area contributed by atoms with E-state index in [2.05, 4.69) is 0 Å². The van der Waals surface area contributed by atoms with E-state index in [1.807, 2.05) is 16.7 Å². The van der Waals surface area contributed by atoms with Crippen LogP contribution in [-0.4, -0.2) is 70.7 Å². The Hall–Kier alpha value is -1.97. The van der Waals surface area contributed by atoms with E-state index in [4.69, 9.17) is 0 Å². The molecule has 0 saturated carbocycles. The van der Waals surface area contributed by atoms with Crippen molar-refractivity contribution < 1.29 is 21.2 Å². The zero-order valence-electron chi connectivity index (χ0n) is 17.4. The fourth-order valence-corrected chi connectivity index (χ4v) is 9.36. The van der Waals surface area contributed by atoms with Crippen LogP contribution in [0.1, 0.15) is 12.5 Å². The van der Waals surface area contributed by atoms with Gasteiger partial charge < -0.3 is 4.90 Å². The third-order valence-electron chi connectivity index (χ3n) is 6.31. The molecule has 2 aliphatic heterocycles. The molecular weight excluding hydrogens is 439 g/mol. The second-order valence-electron chi connectivity index (χ2n) is 8.20. The van der Waals surface area contributed by atoms with E-state index >= 15 is 0 Å². The molecule has 0 unspecified atom stereocenters. The van der Waals surface area contributed by atoms with E-state index in [1.165, 1.54) is 6.07 Å². The Bertz CT molecular complexity index is 1140. The highest BCUT2D eigenvalue weighted by Crippen LogP contribution is 2.30. The lowest BCUT2D eigenvalue weighted by Gasteiger charge is -2.40. The topological polar surface area (TPSA) is 74.8 Å². The Morgan fingerprint density at radius 2 is 1.61 bits per heavy atom. The van der Waals surface area contributed by atoms with Crippen molar-refractivity contribution in [2.45, 2.75) is 29.5 Å². The maximum absolute atomic E-state index is 14.1. The molecule has 9 heteroatoms. The van der Waals surface area contributed by atoms with Crippen LogP contribution in [-0.2, 0) is 26.1 Å². The number of nitrogens with zero attached hydrogens (tertiary/aromatic N) is 2. The summed E-state index contributed by atoms with van der Waals surface area (Å²) >= 11 is 0. The first kappa shape index (κ1) is 22.2. The largest absolute Gasteiger partial charge is 0.367 e. The van der Waals surface area contributed by atoms with Gasteiger partial charge >= 0.3 is 0 Å². The molecule has 2 heterocycles. The highest BCUT2D eigenvalue weighted by molar-refractivity contribution is 7.96. The molecule has 4 rings (SSSR count). The summed E-state index contributed by atoms with van der Waals surface area (Å²) in [6, 6.07) is 12.7. The molecule has 0 spiro atoms. The van der Waals surface area contributed by atoms with Crippen LogP contribution in [0.15, 0.2) is 53.4 Å². The fraction of sp³-hybridized carbons (Fsp3) is 0.455. The maximum Gasteiger partial charge on any atom is 0.183 e. The molecule has 0 N–H and O–H groups in total. The van der Waals surface area contributed by atoms with Crippen LogP contribution in [0.2, 0.25) is 0 Å². The molecule has 0 radical (unpaired) electrons. The fourth-order valence-electron chi connectivity index (χ4n) is 4.53. The zero-order valence-corrected chi connectivity index (χ0v) is 19.1. The minimum absolute atomic E-state index is 0.163. The van der Waals surface area contributed by atoms with Crippen LogP contribution < -0.4 is 4.90 Å². The molecule has 2 aromatic rings. The normalized spacial score (nSPS) is 24.4. The second kappa shape index (κ2) is 8.52. The molecule has 2 saturated heterocycles. The summed E-state index contributed by atoms with van der Waals surface area (Å²) in [5, 5.41) is -0.995. The number of hydrogen-bond donors (Lipinski definition) is 0. The molecule has 31 heavy (non-hydrogen) atoms. The Balaban J connectivity index is 1.55. The molecule has 0 amide bonds. The summed E-state index contributed by atoms with van der Waals surface area (Å²) in [7, 11) is -7.26. The summed E-state index contributed by atoms with van der Waals surface area (Å²) in [6.07, 6.45) is 0.799. The zero-order chi connectivity index (χ0) is 22.2. The van der Waals surface area contributed by atoms with Gasteiger partial charge in [-0.05, 0) is 36.2 Å². The van der Waals surface area contributed by atoms with Gasteiger partial charge in [0.05, 0.1) is 27.3 Å². The van der Waals surface area contributed by atoms with Crippen LogP contribution in [0, 0.1) is 5.82 Å². The average molecular weight is 467 g/mol. The maximum atomic E-state index is 14.1. The van der Waals surface area contributed by atoms with E-state index < -0.39 is 31.0 Å². The summed E-state index contributed by atoms with van der Waals surface area (Å²) in [5.74, 6) is -0.817. The Labute approximate surface area is 183 Å². The number of hydrogen-bond acceptors (Lipinski definition) is 6. The Kier molecular flexibility index (Phi) is 6.11. The van der Waals surface area contributed by atoms with Crippen LogP contribution in [0.3, 0.4) is 0 Å². The smallest absolute Gasteiger partial charge is 0.183 e. The van der Waals surface area contributed by atoms with Crippen molar-refractivity contribution in [3.63, 3.8) is 0 Å².